The van der Waals surface area contributed by atoms with Crippen molar-refractivity contribution in [1.29, 1.82) is 0 Å². The van der Waals surface area contributed by atoms with Gasteiger partial charge in [0.1, 0.15) is 5.82 Å². The molecule has 23 heavy (non-hydrogen) atoms. The number of aliphatic hydroxyl groups is 1. The smallest absolute Gasteiger partial charge is 0.255 e. The summed E-state index contributed by atoms with van der Waals surface area (Å²) in [6, 6.07) is 3.51. The average molecular weight is 338 g/mol. The maximum atomic E-state index is 13.6. The molecule has 5 nitrogen and oxygen atoms in total. The molecule has 1 aliphatic heterocycles. The number of halogens is 2. The first kappa shape index (κ1) is 16.0. The number of carbonyl (C=O) groups is 1. The Hall–Kier alpha value is -1.92. The zero-order chi connectivity index (χ0) is 16.4. The largest absolute Gasteiger partial charge is 0.394 e. The van der Waals surface area contributed by atoms with E-state index in [1.165, 1.54) is 12.1 Å². The first-order chi connectivity index (χ1) is 11.1. The first-order valence-corrected chi connectivity index (χ1v) is 7.89. The topological polar surface area (TPSA) is 67.2 Å². The molecule has 1 aromatic carbocycles. The van der Waals surface area contributed by atoms with Gasteiger partial charge in [0.2, 0.25) is 0 Å². The van der Waals surface area contributed by atoms with Gasteiger partial charge in [0.05, 0.1) is 35.1 Å². The summed E-state index contributed by atoms with van der Waals surface area (Å²) in [5.74, 6) is -0.901. The monoisotopic (exact) mass is 337 g/mol. The van der Waals surface area contributed by atoms with E-state index < -0.39 is 11.9 Å². The summed E-state index contributed by atoms with van der Waals surface area (Å²) in [5, 5.41) is 16.5. The Labute approximate surface area is 138 Å². The number of hydrogen-bond donors (Lipinski definition) is 2. The van der Waals surface area contributed by atoms with E-state index in [2.05, 4.69) is 10.4 Å². The molecule has 3 rings (SSSR count). The van der Waals surface area contributed by atoms with Gasteiger partial charge in [0.25, 0.3) is 5.91 Å². The molecule has 1 amide bonds. The molecule has 0 saturated carbocycles. The molecule has 0 fully saturated rings. The zero-order valence-corrected chi connectivity index (χ0v) is 13.2. The van der Waals surface area contributed by atoms with Crippen LogP contribution in [0.4, 0.5) is 4.39 Å². The lowest BCUT2D eigenvalue weighted by Crippen LogP contribution is -2.31. The molecule has 2 heterocycles. The number of benzene rings is 1. The summed E-state index contributed by atoms with van der Waals surface area (Å²) in [6.45, 7) is 0.477. The highest BCUT2D eigenvalue weighted by Gasteiger charge is 2.22. The molecule has 2 aromatic rings. The van der Waals surface area contributed by atoms with E-state index in [4.69, 9.17) is 11.6 Å². The molecule has 1 atom stereocenters. The number of nitrogens with one attached hydrogen (secondary N) is 1. The average Bonchev–Trinajstić information content (AvgIpc) is 2.99. The van der Waals surface area contributed by atoms with Gasteiger partial charge in [-0.1, -0.05) is 17.7 Å². The molecule has 0 saturated heterocycles. The van der Waals surface area contributed by atoms with Gasteiger partial charge >= 0.3 is 0 Å². The van der Waals surface area contributed by atoms with E-state index in [1.807, 2.05) is 4.68 Å². The fourth-order valence-electron chi connectivity index (χ4n) is 2.81. The van der Waals surface area contributed by atoms with Crippen molar-refractivity contribution < 1.29 is 14.3 Å². The van der Waals surface area contributed by atoms with Crippen molar-refractivity contribution in [2.75, 3.05) is 6.61 Å². The van der Waals surface area contributed by atoms with E-state index in [0.29, 0.717) is 11.1 Å². The summed E-state index contributed by atoms with van der Waals surface area (Å²) in [7, 11) is 0. The second kappa shape index (κ2) is 6.68. The third kappa shape index (κ3) is 3.23. The molecular formula is C16H17ClFN3O2. The van der Waals surface area contributed by atoms with Gasteiger partial charge in [0.15, 0.2) is 0 Å². The highest BCUT2D eigenvalue weighted by atomic mass is 35.5. The molecule has 2 N–H and O–H groups in total. The number of nitrogens with zero attached hydrogens (tertiary/aromatic N) is 2. The van der Waals surface area contributed by atoms with Crippen LogP contribution >= 0.6 is 11.6 Å². The Morgan fingerprint density at radius 1 is 1.48 bits per heavy atom. The van der Waals surface area contributed by atoms with Gasteiger partial charge in [-0.05, 0) is 37.0 Å². The van der Waals surface area contributed by atoms with Crippen molar-refractivity contribution in [1.82, 2.24) is 15.1 Å². The van der Waals surface area contributed by atoms with Gasteiger partial charge in [-0.3, -0.25) is 9.48 Å². The minimum atomic E-state index is -0.701. The second-order valence-corrected chi connectivity index (χ2v) is 5.97. The van der Waals surface area contributed by atoms with Crippen LogP contribution in [-0.4, -0.2) is 27.4 Å². The van der Waals surface area contributed by atoms with Crippen LogP contribution in [0.3, 0.4) is 0 Å². The van der Waals surface area contributed by atoms with Crippen LogP contribution in [-0.2, 0) is 13.0 Å². The predicted octanol–water partition coefficient (Wildman–Crippen LogP) is 2.48. The number of carbonyl (C=O) groups excluding carboxylic acids is 1. The number of aromatic nitrogens is 2. The van der Waals surface area contributed by atoms with E-state index in [0.717, 1.165) is 31.5 Å². The number of rotatable bonds is 4. The fourth-order valence-corrected chi connectivity index (χ4v) is 2.93. The Morgan fingerprint density at radius 2 is 2.30 bits per heavy atom. The Balaban J connectivity index is 1.80. The number of amides is 1. The standard InChI is InChI=1S/C16H17ClFN3O2/c17-12-5-4-10(7-13(12)18)14(9-22)20-16(23)11-8-19-21-6-2-1-3-15(11)21/h4-5,7-8,14,22H,1-3,6,9H2,(H,20,23)/t14-/m0/s1. The highest BCUT2D eigenvalue weighted by Crippen LogP contribution is 2.22. The third-order valence-corrected chi connectivity index (χ3v) is 4.37. The number of fused-ring (bicyclic) bond motifs is 1. The van der Waals surface area contributed by atoms with Gasteiger partial charge in [0, 0.05) is 6.54 Å². The second-order valence-electron chi connectivity index (χ2n) is 5.57. The lowest BCUT2D eigenvalue weighted by Gasteiger charge is -2.18. The van der Waals surface area contributed by atoms with E-state index in [-0.39, 0.29) is 17.5 Å². The molecule has 0 unspecified atom stereocenters. The van der Waals surface area contributed by atoms with Crippen molar-refractivity contribution in [3.8, 4) is 0 Å². The van der Waals surface area contributed by atoms with Gasteiger partial charge in [-0.15, -0.1) is 0 Å². The third-order valence-electron chi connectivity index (χ3n) is 4.06. The lowest BCUT2D eigenvalue weighted by atomic mass is 10.0. The SMILES string of the molecule is O=C(N[C@@H](CO)c1ccc(Cl)c(F)c1)c1cnn2c1CCCC2. The molecule has 0 spiro atoms. The summed E-state index contributed by atoms with van der Waals surface area (Å²) < 4.78 is 15.4. The van der Waals surface area contributed by atoms with Crippen LogP contribution in [0.25, 0.3) is 0 Å². The number of aryl methyl sites for hydroxylation is 1. The van der Waals surface area contributed by atoms with Crippen LogP contribution in [0.15, 0.2) is 24.4 Å². The van der Waals surface area contributed by atoms with E-state index >= 15 is 0 Å². The number of aliphatic hydroxyl groups excluding tert-OH is 1. The minimum absolute atomic E-state index is 0.00229. The Kier molecular flexibility index (Phi) is 4.63. The summed E-state index contributed by atoms with van der Waals surface area (Å²) in [4.78, 5) is 12.5. The summed E-state index contributed by atoms with van der Waals surface area (Å²) in [5.41, 5.74) is 1.88. The van der Waals surface area contributed by atoms with Crippen LogP contribution in [0.5, 0.6) is 0 Å². The molecule has 122 valence electrons. The summed E-state index contributed by atoms with van der Waals surface area (Å²) >= 11 is 5.66. The van der Waals surface area contributed by atoms with Gasteiger partial charge < -0.3 is 10.4 Å². The van der Waals surface area contributed by atoms with E-state index in [9.17, 15) is 14.3 Å². The van der Waals surface area contributed by atoms with Crippen LogP contribution in [0.1, 0.15) is 40.5 Å². The van der Waals surface area contributed by atoms with Crippen molar-refractivity contribution in [3.63, 3.8) is 0 Å². The molecule has 0 bridgehead atoms. The maximum absolute atomic E-state index is 13.6. The van der Waals surface area contributed by atoms with E-state index in [1.54, 1.807) is 12.3 Å². The van der Waals surface area contributed by atoms with Gasteiger partial charge in [-0.25, -0.2) is 4.39 Å². The minimum Gasteiger partial charge on any atom is -0.394 e. The quantitative estimate of drug-likeness (QED) is 0.900. The van der Waals surface area contributed by atoms with Crippen LogP contribution < -0.4 is 5.32 Å². The molecule has 1 aromatic heterocycles. The van der Waals surface area contributed by atoms with Crippen molar-refractivity contribution in [2.24, 2.45) is 0 Å². The molecule has 0 aliphatic carbocycles. The lowest BCUT2D eigenvalue weighted by molar-refractivity contribution is 0.0914. The number of hydrogen-bond acceptors (Lipinski definition) is 3. The van der Waals surface area contributed by atoms with Crippen molar-refractivity contribution in [3.05, 3.63) is 52.1 Å². The normalized spacial score (nSPS) is 15.1. The fraction of sp³-hybridized carbons (Fsp3) is 0.375. The molecule has 1 aliphatic rings. The van der Waals surface area contributed by atoms with Crippen molar-refractivity contribution >= 4 is 17.5 Å². The molecule has 7 heteroatoms. The highest BCUT2D eigenvalue weighted by molar-refractivity contribution is 6.30. The molecular weight excluding hydrogens is 321 g/mol. The zero-order valence-electron chi connectivity index (χ0n) is 12.4. The molecule has 0 radical (unpaired) electrons. The Morgan fingerprint density at radius 3 is 3.04 bits per heavy atom. The predicted molar refractivity (Wildman–Crippen MR) is 83.9 cm³/mol. The van der Waals surface area contributed by atoms with Crippen LogP contribution in [0, 0.1) is 5.82 Å². The maximum Gasteiger partial charge on any atom is 0.255 e. The van der Waals surface area contributed by atoms with Crippen LogP contribution in [0.2, 0.25) is 5.02 Å². The first-order valence-electron chi connectivity index (χ1n) is 7.51. The summed E-state index contributed by atoms with van der Waals surface area (Å²) in [6.07, 6.45) is 4.44. The van der Waals surface area contributed by atoms with Crippen molar-refractivity contribution in [2.45, 2.75) is 31.8 Å². The Bertz CT molecular complexity index is 732. The van der Waals surface area contributed by atoms with Gasteiger partial charge in [-0.2, -0.15) is 5.10 Å².